The predicted molar refractivity (Wildman–Crippen MR) is 70.2 cm³/mol. The van der Waals surface area contributed by atoms with Crippen LogP contribution in [-0.2, 0) is 0 Å². The number of benzene rings is 2. The highest BCUT2D eigenvalue weighted by Gasteiger charge is 2.15. The summed E-state index contributed by atoms with van der Waals surface area (Å²) < 4.78 is 26.5. The van der Waals surface area contributed by atoms with Gasteiger partial charge in [-0.15, -0.1) is 0 Å². The van der Waals surface area contributed by atoms with Crippen molar-refractivity contribution in [2.45, 2.75) is 0 Å². The van der Waals surface area contributed by atoms with Gasteiger partial charge in [-0.1, -0.05) is 17.7 Å². The maximum Gasteiger partial charge on any atom is 0.258 e. The van der Waals surface area contributed by atoms with Gasteiger partial charge in [0.05, 0.1) is 11.3 Å². The van der Waals surface area contributed by atoms with Gasteiger partial charge in [0, 0.05) is 16.8 Å². The summed E-state index contributed by atoms with van der Waals surface area (Å²) in [5.74, 6) is -2.62. The molecule has 0 heterocycles. The van der Waals surface area contributed by atoms with E-state index in [-0.39, 0.29) is 11.3 Å². The first-order valence-corrected chi connectivity index (χ1v) is 5.66. The second-order valence-corrected chi connectivity index (χ2v) is 4.25. The van der Waals surface area contributed by atoms with Gasteiger partial charge in [0.25, 0.3) is 5.91 Å². The van der Waals surface area contributed by atoms with E-state index in [9.17, 15) is 13.6 Å². The van der Waals surface area contributed by atoms with Gasteiger partial charge in [0.1, 0.15) is 11.6 Å². The van der Waals surface area contributed by atoms with Crippen LogP contribution in [0.15, 0.2) is 36.4 Å². The molecule has 3 N–H and O–H groups in total. The maximum atomic E-state index is 13.5. The Kier molecular flexibility index (Phi) is 3.66. The van der Waals surface area contributed by atoms with Gasteiger partial charge < -0.3 is 11.1 Å². The summed E-state index contributed by atoms with van der Waals surface area (Å²) in [5.41, 5.74) is 5.08. The van der Waals surface area contributed by atoms with Crippen LogP contribution in [-0.4, -0.2) is 5.91 Å². The van der Waals surface area contributed by atoms with Crippen LogP contribution in [0, 0.1) is 11.6 Å². The zero-order valence-corrected chi connectivity index (χ0v) is 10.3. The minimum absolute atomic E-state index is 0.294. The van der Waals surface area contributed by atoms with E-state index in [2.05, 4.69) is 5.32 Å². The van der Waals surface area contributed by atoms with Crippen LogP contribution in [0.1, 0.15) is 10.4 Å². The van der Waals surface area contributed by atoms with Gasteiger partial charge in [0.15, 0.2) is 0 Å². The molecule has 0 saturated carbocycles. The van der Waals surface area contributed by atoms with Crippen LogP contribution in [0.4, 0.5) is 20.2 Å². The summed E-state index contributed by atoms with van der Waals surface area (Å²) in [6.07, 6.45) is 0. The average molecular weight is 283 g/mol. The van der Waals surface area contributed by atoms with E-state index < -0.39 is 17.5 Å². The first kappa shape index (κ1) is 13.3. The molecule has 3 nitrogen and oxygen atoms in total. The van der Waals surface area contributed by atoms with Crippen LogP contribution in [0.2, 0.25) is 5.02 Å². The quantitative estimate of drug-likeness (QED) is 0.829. The van der Waals surface area contributed by atoms with Gasteiger partial charge in [-0.25, -0.2) is 8.78 Å². The molecule has 1 amide bonds. The van der Waals surface area contributed by atoms with Crippen LogP contribution < -0.4 is 11.1 Å². The van der Waals surface area contributed by atoms with Gasteiger partial charge >= 0.3 is 0 Å². The molecule has 6 heteroatoms. The van der Waals surface area contributed by atoms with Crippen molar-refractivity contribution in [1.29, 1.82) is 0 Å². The van der Waals surface area contributed by atoms with Crippen molar-refractivity contribution in [2.75, 3.05) is 11.1 Å². The van der Waals surface area contributed by atoms with E-state index in [1.54, 1.807) is 18.2 Å². The molecule has 2 rings (SSSR count). The van der Waals surface area contributed by atoms with Crippen LogP contribution in [0.5, 0.6) is 0 Å². The highest BCUT2D eigenvalue weighted by molar-refractivity contribution is 6.30. The molecule has 0 fully saturated rings. The number of rotatable bonds is 2. The summed E-state index contributed by atoms with van der Waals surface area (Å²) >= 11 is 5.76. The number of nitrogen functional groups attached to an aromatic ring is 1. The second-order valence-electron chi connectivity index (χ2n) is 3.82. The average Bonchev–Trinajstić information content (AvgIpc) is 2.33. The highest BCUT2D eigenvalue weighted by Crippen LogP contribution is 2.19. The largest absolute Gasteiger partial charge is 0.396 e. The summed E-state index contributed by atoms with van der Waals surface area (Å²) in [6.45, 7) is 0. The summed E-state index contributed by atoms with van der Waals surface area (Å²) in [7, 11) is 0. The first-order valence-electron chi connectivity index (χ1n) is 5.29. The Morgan fingerprint density at radius 3 is 2.58 bits per heavy atom. The van der Waals surface area contributed by atoms with Crippen LogP contribution >= 0.6 is 11.6 Å². The Morgan fingerprint density at radius 2 is 1.89 bits per heavy atom. The third kappa shape index (κ3) is 3.00. The van der Waals surface area contributed by atoms with Crippen molar-refractivity contribution >= 4 is 28.9 Å². The SMILES string of the molecule is Nc1cc(C(=O)Nc2cccc(Cl)c2)c(F)cc1F. The Labute approximate surface area is 113 Å². The fraction of sp³-hybridized carbons (Fsp3) is 0. The third-order valence-corrected chi connectivity index (χ3v) is 2.65. The van der Waals surface area contributed by atoms with E-state index in [4.69, 9.17) is 17.3 Å². The van der Waals surface area contributed by atoms with Gasteiger partial charge in [0.2, 0.25) is 0 Å². The van der Waals surface area contributed by atoms with Crippen molar-refractivity contribution in [3.8, 4) is 0 Å². The van der Waals surface area contributed by atoms with Crippen molar-refractivity contribution < 1.29 is 13.6 Å². The normalized spacial score (nSPS) is 10.3. The molecule has 0 aliphatic heterocycles. The van der Waals surface area contributed by atoms with E-state index in [1.807, 2.05) is 0 Å². The second kappa shape index (κ2) is 5.24. The predicted octanol–water partition coefficient (Wildman–Crippen LogP) is 3.45. The molecule has 0 aliphatic carbocycles. The number of hydrogen-bond acceptors (Lipinski definition) is 2. The summed E-state index contributed by atoms with van der Waals surface area (Å²) in [6, 6.07) is 7.88. The van der Waals surface area contributed by atoms with Crippen LogP contribution in [0.3, 0.4) is 0 Å². The maximum absolute atomic E-state index is 13.5. The highest BCUT2D eigenvalue weighted by atomic mass is 35.5. The number of nitrogens with two attached hydrogens (primary N) is 1. The molecule has 0 unspecified atom stereocenters. The molecule has 2 aromatic carbocycles. The molecule has 98 valence electrons. The van der Waals surface area contributed by atoms with Crippen molar-refractivity contribution in [2.24, 2.45) is 0 Å². The third-order valence-electron chi connectivity index (χ3n) is 2.41. The molecule has 0 saturated heterocycles. The van der Waals surface area contributed by atoms with E-state index >= 15 is 0 Å². The number of halogens is 3. The molecule has 2 aromatic rings. The van der Waals surface area contributed by atoms with Crippen molar-refractivity contribution in [3.05, 3.63) is 58.6 Å². The molecule has 0 aromatic heterocycles. The zero-order valence-electron chi connectivity index (χ0n) is 9.58. The lowest BCUT2D eigenvalue weighted by Gasteiger charge is -2.07. The molecular formula is C13H9ClF2N2O. The van der Waals surface area contributed by atoms with E-state index in [1.165, 1.54) is 6.07 Å². The summed E-state index contributed by atoms with van der Waals surface area (Å²) in [5, 5.41) is 2.87. The number of nitrogens with one attached hydrogen (secondary N) is 1. The number of anilines is 2. The van der Waals surface area contributed by atoms with Crippen molar-refractivity contribution in [3.63, 3.8) is 0 Å². The van der Waals surface area contributed by atoms with E-state index in [0.717, 1.165) is 6.07 Å². The van der Waals surface area contributed by atoms with Gasteiger partial charge in [-0.3, -0.25) is 4.79 Å². The number of amides is 1. The minimum atomic E-state index is -0.980. The summed E-state index contributed by atoms with van der Waals surface area (Å²) in [4.78, 5) is 11.8. The Balaban J connectivity index is 2.28. The lowest BCUT2D eigenvalue weighted by Crippen LogP contribution is -2.14. The molecule has 0 spiro atoms. The Hall–Kier alpha value is -2.14. The molecule has 0 atom stereocenters. The molecule has 19 heavy (non-hydrogen) atoms. The molecular weight excluding hydrogens is 274 g/mol. The monoisotopic (exact) mass is 282 g/mol. The molecule has 0 bridgehead atoms. The van der Waals surface area contributed by atoms with Crippen molar-refractivity contribution in [1.82, 2.24) is 0 Å². The molecule has 0 aliphatic rings. The lowest BCUT2D eigenvalue weighted by atomic mass is 10.1. The van der Waals surface area contributed by atoms with Crippen LogP contribution in [0.25, 0.3) is 0 Å². The molecule has 0 radical (unpaired) electrons. The zero-order chi connectivity index (χ0) is 14.0. The topological polar surface area (TPSA) is 55.1 Å². The fourth-order valence-electron chi connectivity index (χ4n) is 1.50. The first-order chi connectivity index (χ1) is 8.97. The number of hydrogen-bond donors (Lipinski definition) is 2. The Bertz CT molecular complexity index is 647. The van der Waals surface area contributed by atoms with E-state index in [0.29, 0.717) is 16.8 Å². The number of carbonyl (C=O) groups excluding carboxylic acids is 1. The van der Waals surface area contributed by atoms with Gasteiger partial charge in [-0.2, -0.15) is 0 Å². The number of carbonyl (C=O) groups is 1. The minimum Gasteiger partial charge on any atom is -0.396 e. The van der Waals surface area contributed by atoms with Gasteiger partial charge in [-0.05, 0) is 24.3 Å². The smallest absolute Gasteiger partial charge is 0.258 e. The lowest BCUT2D eigenvalue weighted by molar-refractivity contribution is 0.102. The fourth-order valence-corrected chi connectivity index (χ4v) is 1.69. The standard InChI is InChI=1S/C13H9ClF2N2O/c14-7-2-1-3-8(4-7)18-13(19)9-5-12(17)11(16)6-10(9)15/h1-6H,17H2,(H,18,19). The Morgan fingerprint density at radius 1 is 1.16 bits per heavy atom.